The molecule has 2 amide bonds. The monoisotopic (exact) mass is 800 g/mol. The number of hydrogen-bond acceptors (Lipinski definition) is 9. The molecule has 0 bridgehead atoms. The Bertz CT molecular complexity index is 1780. The number of halogens is 6. The Kier molecular flexibility index (Phi) is 13.1. The van der Waals surface area contributed by atoms with Gasteiger partial charge in [-0.2, -0.15) is 26.3 Å². The van der Waals surface area contributed by atoms with Gasteiger partial charge in [0.2, 0.25) is 5.60 Å². The predicted molar refractivity (Wildman–Crippen MR) is 191 cm³/mol. The maximum absolute atomic E-state index is 15.1. The van der Waals surface area contributed by atoms with E-state index < -0.39 is 63.6 Å². The number of aliphatic hydroxyl groups excluding tert-OH is 1. The van der Waals surface area contributed by atoms with Crippen LogP contribution in [0.15, 0.2) is 54.2 Å². The first-order chi connectivity index (χ1) is 25.9. The number of amides is 2. The summed E-state index contributed by atoms with van der Waals surface area (Å²) in [7, 11) is 3.82. The molecule has 55 heavy (non-hydrogen) atoms. The number of aliphatic hydroxyl groups is 2. The maximum Gasteiger partial charge on any atom is 0.425 e. The van der Waals surface area contributed by atoms with E-state index in [9.17, 15) is 41.4 Å². The number of piperidine rings is 2. The minimum atomic E-state index is -4.88. The summed E-state index contributed by atoms with van der Waals surface area (Å²) in [5.41, 5.74) is -3.58. The third kappa shape index (κ3) is 9.05. The van der Waals surface area contributed by atoms with Gasteiger partial charge in [0.25, 0.3) is 11.8 Å². The number of likely N-dealkylation sites (tertiary alicyclic amines) is 2. The third-order valence-electron chi connectivity index (χ3n) is 10.5. The van der Waals surface area contributed by atoms with E-state index in [0.717, 1.165) is 29.4 Å². The van der Waals surface area contributed by atoms with Gasteiger partial charge in [0.1, 0.15) is 16.4 Å². The summed E-state index contributed by atoms with van der Waals surface area (Å²) in [5, 5.41) is 19.6. The first-order valence-corrected chi connectivity index (χ1v) is 19.0. The number of rotatable bonds is 13. The smallest absolute Gasteiger partial charge is 0.425 e. The van der Waals surface area contributed by atoms with Gasteiger partial charge in [-0.05, 0) is 58.3 Å². The minimum absolute atomic E-state index is 0.00514. The zero-order valence-corrected chi connectivity index (χ0v) is 31.6. The fraction of sp³-hybridized carbons (Fsp3) is 0.553. The molecule has 0 spiro atoms. The number of aromatic nitrogens is 1. The summed E-state index contributed by atoms with van der Waals surface area (Å²) >= 11 is 0.394. The third-order valence-corrected chi connectivity index (χ3v) is 11.5. The second-order valence-electron chi connectivity index (χ2n) is 14.1. The Morgan fingerprint density at radius 1 is 1.04 bits per heavy atom. The highest BCUT2D eigenvalue weighted by Gasteiger charge is 2.57. The summed E-state index contributed by atoms with van der Waals surface area (Å²) in [6, 6.07) is 7.83. The van der Waals surface area contributed by atoms with E-state index in [2.05, 4.69) is 4.98 Å². The molecule has 2 saturated heterocycles. The highest BCUT2D eigenvalue weighted by molar-refractivity contribution is 7.10. The number of alkyl halides is 6. The molecule has 4 heterocycles. The van der Waals surface area contributed by atoms with E-state index in [1.807, 2.05) is 43.3 Å². The second-order valence-corrected chi connectivity index (χ2v) is 15.1. The average Bonchev–Trinajstić information content (AvgIpc) is 3.62. The molecule has 0 aliphatic carbocycles. The summed E-state index contributed by atoms with van der Waals surface area (Å²) in [5.74, 6) is -1.20. The number of carbonyl (C=O) groups excluding carboxylic acids is 2. The molecule has 2 atom stereocenters. The van der Waals surface area contributed by atoms with E-state index in [-0.39, 0.29) is 57.7 Å². The van der Waals surface area contributed by atoms with Crippen LogP contribution >= 0.6 is 11.3 Å². The van der Waals surface area contributed by atoms with Crippen LogP contribution in [-0.2, 0) is 22.7 Å². The summed E-state index contributed by atoms with van der Waals surface area (Å²) < 4.78 is 96.0. The van der Waals surface area contributed by atoms with Crippen LogP contribution in [0.5, 0.6) is 11.5 Å². The Morgan fingerprint density at radius 3 is 2.36 bits per heavy atom. The molecule has 5 rings (SSSR count). The van der Waals surface area contributed by atoms with Crippen molar-refractivity contribution >= 4 is 23.2 Å². The number of carbonyl (C=O) groups is 2. The molecular weight excluding hydrogens is 754 g/mol. The lowest BCUT2D eigenvalue weighted by Gasteiger charge is -2.52. The van der Waals surface area contributed by atoms with E-state index in [0.29, 0.717) is 48.8 Å². The summed E-state index contributed by atoms with van der Waals surface area (Å²) in [6.07, 6.45) is -7.28. The van der Waals surface area contributed by atoms with Gasteiger partial charge < -0.3 is 29.5 Å². The van der Waals surface area contributed by atoms with Crippen LogP contribution in [0.2, 0.25) is 0 Å². The number of nitrogens with zero attached hydrogens (tertiary/aromatic N) is 4. The minimum Gasteiger partial charge on any atom is -0.493 e. The first kappa shape index (κ1) is 42.2. The van der Waals surface area contributed by atoms with Crippen LogP contribution in [0.1, 0.15) is 84.7 Å². The number of benzene rings is 1. The Morgan fingerprint density at radius 2 is 1.75 bits per heavy atom. The van der Waals surface area contributed by atoms with Crippen molar-refractivity contribution in [3.8, 4) is 11.5 Å². The molecule has 10 nitrogen and oxygen atoms in total. The zero-order chi connectivity index (χ0) is 40.2. The molecule has 17 heteroatoms. The fourth-order valence-electron chi connectivity index (χ4n) is 7.83. The van der Waals surface area contributed by atoms with Crippen molar-refractivity contribution in [3.05, 3.63) is 75.7 Å². The van der Waals surface area contributed by atoms with Crippen molar-refractivity contribution in [1.82, 2.24) is 19.7 Å². The van der Waals surface area contributed by atoms with E-state index in [1.54, 1.807) is 11.8 Å². The molecule has 0 radical (unpaired) electrons. The second kappa shape index (κ2) is 17.1. The lowest BCUT2D eigenvalue weighted by molar-refractivity contribution is -0.162. The largest absolute Gasteiger partial charge is 0.493 e. The zero-order valence-electron chi connectivity index (χ0n) is 30.8. The van der Waals surface area contributed by atoms with Crippen molar-refractivity contribution in [2.45, 2.75) is 94.1 Å². The molecule has 2 unspecified atom stereocenters. The maximum atomic E-state index is 15.1. The quantitative estimate of drug-likeness (QED) is 0.109. The highest BCUT2D eigenvalue weighted by atomic mass is 32.1. The van der Waals surface area contributed by atoms with Crippen LogP contribution < -0.4 is 9.47 Å². The molecule has 2 fully saturated rings. The Hall–Kier alpha value is -3.93. The van der Waals surface area contributed by atoms with Crippen molar-refractivity contribution in [3.63, 3.8) is 0 Å². The van der Waals surface area contributed by atoms with Crippen LogP contribution in [0.4, 0.5) is 26.3 Å². The molecule has 1 aromatic carbocycles. The van der Waals surface area contributed by atoms with Crippen LogP contribution in [0, 0.1) is 0 Å². The van der Waals surface area contributed by atoms with Gasteiger partial charge >= 0.3 is 12.4 Å². The highest BCUT2D eigenvalue weighted by Crippen LogP contribution is 2.46. The summed E-state index contributed by atoms with van der Waals surface area (Å²) in [6.45, 7) is 2.36. The number of ether oxygens (including phenoxy) is 2. The van der Waals surface area contributed by atoms with Gasteiger partial charge in [0.15, 0.2) is 6.29 Å². The molecular formula is C38H46F6N4O6S. The van der Waals surface area contributed by atoms with Crippen molar-refractivity contribution in [1.29, 1.82) is 0 Å². The lowest BCUT2D eigenvalue weighted by atomic mass is 9.77. The SMILES string of the molecule is CCCC1N(C(=O)c2cnccc2C(F)(F)F)CCCC1(Oc1csc(C(F)(F)F)c1)C(=O)N1CCC(c2ccccc2OCCCC(O)O)(N(C)C)CC1. The number of hydrogen-bond donors (Lipinski definition) is 2. The van der Waals surface area contributed by atoms with Crippen molar-refractivity contribution in [2.75, 3.05) is 40.3 Å². The Labute approximate surface area is 319 Å². The van der Waals surface area contributed by atoms with E-state index in [1.165, 1.54) is 4.90 Å². The number of pyridine rings is 1. The molecule has 2 aromatic heterocycles. The van der Waals surface area contributed by atoms with Gasteiger partial charge in [0, 0.05) is 61.9 Å². The van der Waals surface area contributed by atoms with Gasteiger partial charge in [-0.3, -0.25) is 19.5 Å². The van der Waals surface area contributed by atoms with Gasteiger partial charge in [-0.1, -0.05) is 31.5 Å². The molecule has 2 aliphatic rings. The number of thiophene rings is 1. The molecule has 3 aromatic rings. The molecule has 2 N–H and O–H groups in total. The van der Waals surface area contributed by atoms with Gasteiger partial charge in [-0.25, -0.2) is 0 Å². The summed E-state index contributed by atoms with van der Waals surface area (Å²) in [4.78, 5) is 36.8. The van der Waals surface area contributed by atoms with Crippen molar-refractivity contribution < 1.29 is 55.6 Å². The normalized spacial score (nSPS) is 20.6. The van der Waals surface area contributed by atoms with E-state index >= 15 is 4.79 Å². The van der Waals surface area contributed by atoms with Crippen LogP contribution in [0.25, 0.3) is 0 Å². The molecule has 2 aliphatic heterocycles. The predicted octanol–water partition coefficient (Wildman–Crippen LogP) is 6.95. The first-order valence-electron chi connectivity index (χ1n) is 18.2. The number of para-hydroxylation sites is 1. The lowest BCUT2D eigenvalue weighted by Crippen LogP contribution is -2.69. The molecule has 0 saturated carbocycles. The molecule has 302 valence electrons. The van der Waals surface area contributed by atoms with Crippen LogP contribution in [0.3, 0.4) is 0 Å². The van der Waals surface area contributed by atoms with Gasteiger partial charge in [0.05, 0.1) is 29.3 Å². The topological polar surface area (TPSA) is 116 Å². The standard InChI is InChI=1S/C38H46F6N4O6S/c1-4-9-30-36(54-25-22-31(55-24-25)38(42,43)44,14-8-18-48(30)33(51)26-23-45-17-13-27(26)37(39,40)41)34(52)47-19-15-35(16-20-47,46(2)3)28-10-5-6-11-29(28)53-21-7-12-32(49)50/h5-6,10-11,13,17,22-24,30,32,49-50H,4,7-9,12,14-16,18-21H2,1-3H3. The average molecular weight is 801 g/mol. The fourth-order valence-corrected chi connectivity index (χ4v) is 8.51. The van der Waals surface area contributed by atoms with Crippen molar-refractivity contribution in [2.24, 2.45) is 0 Å². The van der Waals surface area contributed by atoms with Crippen LogP contribution in [-0.4, -0.2) is 100.0 Å². The van der Waals surface area contributed by atoms with E-state index in [4.69, 9.17) is 9.47 Å². The van der Waals surface area contributed by atoms with Gasteiger partial charge in [-0.15, -0.1) is 11.3 Å². The Balaban J connectivity index is 1.51.